The van der Waals surface area contributed by atoms with Gasteiger partial charge in [-0.25, -0.2) is 9.59 Å². The first-order chi connectivity index (χ1) is 14.1. The third-order valence-electron chi connectivity index (χ3n) is 4.78. The molecule has 162 valence electrons. The molecule has 1 rings (SSSR count). The van der Waals surface area contributed by atoms with Gasteiger partial charge in [0.25, 0.3) is 0 Å². The highest BCUT2D eigenvalue weighted by molar-refractivity contribution is 5.80. The molecular formula is C22H27NO7. The molecular weight excluding hydrogens is 390 g/mol. The van der Waals surface area contributed by atoms with Gasteiger partial charge < -0.3 is 24.1 Å². The molecule has 0 aromatic carbocycles. The Bertz CT molecular complexity index is 867. The van der Waals surface area contributed by atoms with Crippen LogP contribution in [0.3, 0.4) is 0 Å². The molecule has 0 fully saturated rings. The van der Waals surface area contributed by atoms with Crippen LogP contribution in [-0.4, -0.2) is 47.5 Å². The summed E-state index contributed by atoms with van der Waals surface area (Å²) in [7, 11) is 2.70. The van der Waals surface area contributed by atoms with E-state index in [-0.39, 0.29) is 37.4 Å². The summed E-state index contributed by atoms with van der Waals surface area (Å²) in [5.74, 6) is 3.19. The number of methoxy groups -OCH3 is 2. The van der Waals surface area contributed by atoms with E-state index in [1.54, 1.807) is 6.92 Å². The van der Waals surface area contributed by atoms with Crippen LogP contribution in [0.25, 0.3) is 0 Å². The molecule has 1 N–H and O–H groups in total. The predicted molar refractivity (Wildman–Crippen MR) is 108 cm³/mol. The SMILES string of the molecule is C#CCC(C)(OC)C(=O)OCc1cnc(C)c(O)c1COC(=O)C(C)(CC#C)OC. The quantitative estimate of drug-likeness (QED) is 0.456. The predicted octanol–water partition coefficient (Wildman–Crippen LogP) is 2.04. The second kappa shape index (κ2) is 10.6. The molecule has 8 heteroatoms. The minimum atomic E-state index is -1.32. The zero-order chi connectivity index (χ0) is 22.9. The number of pyridine rings is 1. The van der Waals surface area contributed by atoms with E-state index in [1.165, 1.54) is 34.3 Å². The van der Waals surface area contributed by atoms with Crippen molar-refractivity contribution in [1.29, 1.82) is 0 Å². The maximum absolute atomic E-state index is 12.4. The van der Waals surface area contributed by atoms with Crippen LogP contribution in [0.4, 0.5) is 0 Å². The minimum Gasteiger partial charge on any atom is -0.506 e. The van der Waals surface area contributed by atoms with E-state index in [0.717, 1.165) is 0 Å². The molecule has 1 heterocycles. The number of hydrogen-bond acceptors (Lipinski definition) is 8. The van der Waals surface area contributed by atoms with Gasteiger partial charge in [0.2, 0.25) is 0 Å². The van der Waals surface area contributed by atoms with Gasteiger partial charge in [0.15, 0.2) is 11.2 Å². The van der Waals surface area contributed by atoms with E-state index in [0.29, 0.717) is 11.3 Å². The van der Waals surface area contributed by atoms with Crippen molar-refractivity contribution in [3.63, 3.8) is 0 Å². The van der Waals surface area contributed by atoms with E-state index in [4.69, 9.17) is 31.8 Å². The van der Waals surface area contributed by atoms with E-state index < -0.39 is 23.1 Å². The van der Waals surface area contributed by atoms with Crippen molar-refractivity contribution in [2.75, 3.05) is 14.2 Å². The highest BCUT2D eigenvalue weighted by Gasteiger charge is 2.35. The summed E-state index contributed by atoms with van der Waals surface area (Å²) in [5, 5.41) is 10.4. The highest BCUT2D eigenvalue weighted by Crippen LogP contribution is 2.27. The first-order valence-electron chi connectivity index (χ1n) is 9.06. The lowest BCUT2D eigenvalue weighted by molar-refractivity contribution is -0.169. The van der Waals surface area contributed by atoms with Gasteiger partial charge in [0.1, 0.15) is 19.0 Å². The molecule has 30 heavy (non-hydrogen) atoms. The molecule has 0 amide bonds. The van der Waals surface area contributed by atoms with Crippen molar-refractivity contribution < 1.29 is 33.6 Å². The van der Waals surface area contributed by atoms with Crippen LogP contribution in [0, 0.1) is 31.6 Å². The Labute approximate surface area is 176 Å². The number of carbonyl (C=O) groups excluding carboxylic acids is 2. The Hall–Kier alpha value is -3.07. The van der Waals surface area contributed by atoms with Gasteiger partial charge in [-0.2, -0.15) is 0 Å². The van der Waals surface area contributed by atoms with E-state index in [9.17, 15) is 14.7 Å². The number of nitrogens with zero attached hydrogens (tertiary/aromatic N) is 1. The van der Waals surface area contributed by atoms with Crippen LogP contribution in [0.2, 0.25) is 0 Å². The third kappa shape index (κ3) is 5.73. The molecule has 0 aliphatic heterocycles. The van der Waals surface area contributed by atoms with Gasteiger partial charge in [-0.3, -0.25) is 4.98 Å². The van der Waals surface area contributed by atoms with Crippen LogP contribution in [0.15, 0.2) is 6.20 Å². The summed E-state index contributed by atoms with van der Waals surface area (Å²) >= 11 is 0. The first-order valence-corrected chi connectivity index (χ1v) is 9.06. The van der Waals surface area contributed by atoms with Gasteiger partial charge in [-0.05, 0) is 20.8 Å². The fourth-order valence-corrected chi connectivity index (χ4v) is 2.40. The van der Waals surface area contributed by atoms with Crippen LogP contribution in [0.1, 0.15) is 43.5 Å². The zero-order valence-corrected chi connectivity index (χ0v) is 17.9. The number of ether oxygens (including phenoxy) is 4. The van der Waals surface area contributed by atoms with E-state index in [2.05, 4.69) is 16.8 Å². The molecule has 0 radical (unpaired) electrons. The monoisotopic (exact) mass is 417 g/mol. The average molecular weight is 417 g/mol. The van der Waals surface area contributed by atoms with E-state index >= 15 is 0 Å². The van der Waals surface area contributed by atoms with Gasteiger partial charge >= 0.3 is 11.9 Å². The molecule has 0 bridgehead atoms. The molecule has 0 saturated carbocycles. The van der Waals surface area contributed by atoms with Crippen LogP contribution < -0.4 is 0 Å². The number of terminal acetylenes is 2. The molecule has 8 nitrogen and oxygen atoms in total. The largest absolute Gasteiger partial charge is 0.506 e. The number of aromatic hydroxyl groups is 1. The Morgan fingerprint density at radius 1 is 1.03 bits per heavy atom. The van der Waals surface area contributed by atoms with Crippen LogP contribution in [0.5, 0.6) is 5.75 Å². The molecule has 1 aromatic heterocycles. The van der Waals surface area contributed by atoms with Crippen molar-refractivity contribution in [3.05, 3.63) is 23.0 Å². The van der Waals surface area contributed by atoms with Crippen molar-refractivity contribution in [3.8, 4) is 30.4 Å². The maximum atomic E-state index is 12.4. The molecule has 0 spiro atoms. The Morgan fingerprint density at radius 2 is 1.50 bits per heavy atom. The normalized spacial score (nSPS) is 14.5. The Kier molecular flexibility index (Phi) is 8.85. The molecule has 2 atom stereocenters. The second-order valence-electron chi connectivity index (χ2n) is 6.98. The van der Waals surface area contributed by atoms with Gasteiger partial charge in [0.05, 0.1) is 5.69 Å². The highest BCUT2D eigenvalue weighted by atomic mass is 16.6. The summed E-state index contributed by atoms with van der Waals surface area (Å²) in [6, 6.07) is 0. The number of esters is 2. The smallest absolute Gasteiger partial charge is 0.339 e. The van der Waals surface area contributed by atoms with Crippen molar-refractivity contribution in [2.45, 2.75) is 58.0 Å². The topological polar surface area (TPSA) is 104 Å². The molecule has 1 aromatic rings. The van der Waals surface area contributed by atoms with E-state index in [1.807, 2.05) is 0 Å². The second-order valence-corrected chi connectivity index (χ2v) is 6.98. The number of hydrogen-bond donors (Lipinski definition) is 1. The van der Waals surface area contributed by atoms with Gasteiger partial charge in [-0.15, -0.1) is 24.7 Å². The fraction of sp³-hybridized carbons (Fsp3) is 0.500. The van der Waals surface area contributed by atoms with Gasteiger partial charge in [0, 0.05) is 44.4 Å². The lowest BCUT2D eigenvalue weighted by Crippen LogP contribution is -2.39. The first kappa shape index (κ1) is 25.0. The standard InChI is InChI=1S/C22H27NO7/c1-8-10-21(4,27-6)19(25)29-13-16-12-23-15(3)18(24)17(16)14-30-20(26)22(5,28-7)11-9-2/h1-2,12,24H,10-11,13-14H2,3-7H3. The maximum Gasteiger partial charge on any atom is 0.339 e. The van der Waals surface area contributed by atoms with Gasteiger partial charge in [-0.1, -0.05) is 0 Å². The van der Waals surface area contributed by atoms with Crippen LogP contribution >= 0.6 is 0 Å². The summed E-state index contributed by atoms with van der Waals surface area (Å²) in [4.78, 5) is 28.9. The zero-order valence-electron chi connectivity index (χ0n) is 17.9. The molecule has 0 aliphatic carbocycles. The lowest BCUT2D eigenvalue weighted by Gasteiger charge is -2.25. The third-order valence-corrected chi connectivity index (χ3v) is 4.78. The van der Waals surface area contributed by atoms with Crippen LogP contribution in [-0.2, 0) is 41.8 Å². The number of aryl methyl sites for hydroxylation is 1. The number of rotatable bonds is 10. The summed E-state index contributed by atoms with van der Waals surface area (Å²) in [5.41, 5.74) is -1.71. The molecule has 2 unspecified atom stereocenters. The molecule has 0 saturated heterocycles. The minimum absolute atomic E-state index is 0.0128. The fourth-order valence-electron chi connectivity index (χ4n) is 2.40. The summed E-state index contributed by atoms with van der Waals surface area (Å²) in [6.45, 7) is 4.08. The van der Waals surface area contributed by atoms with Crippen molar-refractivity contribution >= 4 is 11.9 Å². The van der Waals surface area contributed by atoms with Crippen molar-refractivity contribution in [1.82, 2.24) is 4.98 Å². The summed E-state index contributed by atoms with van der Waals surface area (Å²) in [6.07, 6.45) is 12.0. The van der Waals surface area contributed by atoms with Crippen molar-refractivity contribution in [2.24, 2.45) is 0 Å². The molecule has 0 aliphatic rings. The number of aromatic nitrogens is 1. The lowest BCUT2D eigenvalue weighted by atomic mass is 10.0. The average Bonchev–Trinajstić information content (AvgIpc) is 2.73. The Balaban J connectivity index is 3.03. The Morgan fingerprint density at radius 3 is 1.93 bits per heavy atom. The summed E-state index contributed by atoms with van der Waals surface area (Å²) < 4.78 is 21.0. The number of carbonyl (C=O) groups is 2.